The van der Waals surface area contributed by atoms with Crippen LogP contribution in [-0.2, 0) is 0 Å². The highest BCUT2D eigenvalue weighted by atomic mass is 35.5. The van der Waals surface area contributed by atoms with Gasteiger partial charge >= 0.3 is 0 Å². The van der Waals surface area contributed by atoms with Crippen LogP contribution in [0.1, 0.15) is 10.4 Å². The summed E-state index contributed by atoms with van der Waals surface area (Å²) in [6, 6.07) is 2.83. The van der Waals surface area contributed by atoms with Crippen LogP contribution >= 0.6 is 11.6 Å². The van der Waals surface area contributed by atoms with Crippen molar-refractivity contribution in [3.63, 3.8) is 0 Å². The Labute approximate surface area is 95.3 Å². The highest BCUT2D eigenvalue weighted by Crippen LogP contribution is 2.13. The zero-order valence-electron chi connectivity index (χ0n) is 8.08. The van der Waals surface area contributed by atoms with Crippen LogP contribution in [0.2, 0.25) is 5.15 Å². The van der Waals surface area contributed by atoms with E-state index in [1.165, 1.54) is 18.3 Å². The van der Waals surface area contributed by atoms with Crippen molar-refractivity contribution in [2.75, 3.05) is 13.2 Å². The van der Waals surface area contributed by atoms with Crippen LogP contribution in [0, 0.1) is 0 Å². The number of nitrogens with one attached hydrogen (secondary N) is 1. The van der Waals surface area contributed by atoms with Crippen LogP contribution in [0.3, 0.4) is 0 Å². The van der Waals surface area contributed by atoms with Crippen molar-refractivity contribution in [3.05, 3.63) is 29.0 Å². The Kier molecular flexibility index (Phi) is 4.14. The predicted molar refractivity (Wildman–Crippen MR) is 53.6 cm³/mol. The number of carbonyl (C=O) groups is 1. The molecule has 88 valence electrons. The molecule has 0 radical (unpaired) electrons. The van der Waals surface area contributed by atoms with E-state index >= 15 is 0 Å². The molecule has 0 spiro atoms. The lowest BCUT2D eigenvalue weighted by Crippen LogP contribution is -2.39. The molecule has 7 heteroatoms. The third-order valence-electron chi connectivity index (χ3n) is 1.74. The first-order valence-corrected chi connectivity index (χ1v) is 4.71. The van der Waals surface area contributed by atoms with Gasteiger partial charge in [-0.25, -0.2) is 13.8 Å². The second kappa shape index (κ2) is 5.18. The maximum Gasteiger partial charge on any atom is 0.287 e. The molecule has 0 aromatic carbocycles. The summed E-state index contributed by atoms with van der Waals surface area (Å²) in [6.07, 6.45) is 1.38. The Morgan fingerprint density at radius 1 is 1.62 bits per heavy atom. The Hall–Kier alpha value is -1.27. The summed E-state index contributed by atoms with van der Waals surface area (Å²) in [4.78, 5) is 15.0. The van der Waals surface area contributed by atoms with Crippen molar-refractivity contribution < 1.29 is 18.7 Å². The number of carbonyl (C=O) groups excluding carboxylic acids is 1. The maximum atomic E-state index is 12.6. The molecule has 1 aromatic rings. The van der Waals surface area contributed by atoms with Crippen molar-refractivity contribution >= 4 is 17.5 Å². The first-order chi connectivity index (χ1) is 7.46. The summed E-state index contributed by atoms with van der Waals surface area (Å²) in [6.45, 7) is -2.28. The van der Waals surface area contributed by atoms with Gasteiger partial charge in [-0.3, -0.25) is 4.79 Å². The molecular formula is C9H9ClF2N2O2. The molecule has 1 aromatic heterocycles. The molecule has 0 saturated carbocycles. The average molecular weight is 251 g/mol. The molecule has 0 saturated heterocycles. The Balaban J connectivity index is 2.64. The Morgan fingerprint density at radius 2 is 2.31 bits per heavy atom. The number of hydrogen-bond acceptors (Lipinski definition) is 3. The summed E-state index contributed by atoms with van der Waals surface area (Å²) in [5.74, 6) is -4.10. The molecule has 0 atom stereocenters. The van der Waals surface area contributed by atoms with Crippen molar-refractivity contribution in [2.45, 2.75) is 5.92 Å². The third-order valence-corrected chi connectivity index (χ3v) is 2.04. The smallest absolute Gasteiger partial charge is 0.287 e. The fourth-order valence-electron chi connectivity index (χ4n) is 0.916. The molecule has 0 fully saturated rings. The lowest BCUT2D eigenvalue weighted by Gasteiger charge is -2.13. The highest BCUT2D eigenvalue weighted by Gasteiger charge is 2.28. The van der Waals surface area contributed by atoms with Gasteiger partial charge in [-0.15, -0.1) is 0 Å². The van der Waals surface area contributed by atoms with Crippen LogP contribution < -0.4 is 5.32 Å². The number of halogens is 3. The molecule has 1 amide bonds. The second-order valence-corrected chi connectivity index (χ2v) is 3.40. The van der Waals surface area contributed by atoms with E-state index in [0.29, 0.717) is 0 Å². The van der Waals surface area contributed by atoms with E-state index in [0.717, 1.165) is 0 Å². The first kappa shape index (κ1) is 12.8. The van der Waals surface area contributed by atoms with Crippen molar-refractivity contribution in [1.82, 2.24) is 10.3 Å². The number of hydrogen-bond donors (Lipinski definition) is 2. The number of pyridine rings is 1. The molecule has 2 N–H and O–H groups in total. The predicted octanol–water partition coefficient (Wildman–Crippen LogP) is 1.09. The van der Waals surface area contributed by atoms with Crippen molar-refractivity contribution in [3.8, 4) is 0 Å². The first-order valence-electron chi connectivity index (χ1n) is 4.34. The van der Waals surface area contributed by atoms with Gasteiger partial charge in [-0.2, -0.15) is 0 Å². The maximum absolute atomic E-state index is 12.6. The van der Waals surface area contributed by atoms with Crippen molar-refractivity contribution in [1.29, 1.82) is 0 Å². The molecule has 4 nitrogen and oxygen atoms in total. The van der Waals surface area contributed by atoms with E-state index in [2.05, 4.69) is 4.98 Å². The van der Waals surface area contributed by atoms with Crippen molar-refractivity contribution in [2.24, 2.45) is 0 Å². The minimum absolute atomic E-state index is 0.0120. The number of rotatable bonds is 4. The van der Waals surface area contributed by atoms with Crippen LogP contribution in [0.5, 0.6) is 0 Å². The standard InChI is InChI=1S/C9H9ClF2N2O2/c10-7-6(2-1-3-13-7)8(16)14-4-9(11,12)5-15/h1-3,15H,4-5H2,(H,14,16). The summed E-state index contributed by atoms with van der Waals surface area (Å²) >= 11 is 5.59. The van der Waals surface area contributed by atoms with Gasteiger partial charge in [0.05, 0.1) is 12.1 Å². The van der Waals surface area contributed by atoms with Crippen LogP contribution in [0.15, 0.2) is 18.3 Å². The molecule has 1 rings (SSSR count). The molecular weight excluding hydrogens is 242 g/mol. The Morgan fingerprint density at radius 3 is 2.88 bits per heavy atom. The summed E-state index contributed by atoms with van der Waals surface area (Å²) in [5, 5.41) is 10.2. The lowest BCUT2D eigenvalue weighted by atomic mass is 10.2. The molecule has 0 aliphatic rings. The van der Waals surface area contributed by atoms with Gasteiger partial charge in [0, 0.05) is 6.20 Å². The van der Waals surface area contributed by atoms with Gasteiger partial charge in [-0.05, 0) is 12.1 Å². The monoisotopic (exact) mass is 250 g/mol. The zero-order chi connectivity index (χ0) is 12.2. The summed E-state index contributed by atoms with van der Waals surface area (Å²) in [5.41, 5.74) is 0.0120. The number of alkyl halides is 2. The molecule has 16 heavy (non-hydrogen) atoms. The van der Waals surface area contributed by atoms with Gasteiger partial charge in [0.2, 0.25) is 0 Å². The summed E-state index contributed by atoms with van der Waals surface area (Å²) in [7, 11) is 0. The van der Waals surface area contributed by atoms with Gasteiger partial charge < -0.3 is 10.4 Å². The van der Waals surface area contributed by atoms with E-state index < -0.39 is 25.0 Å². The fourth-order valence-corrected chi connectivity index (χ4v) is 1.12. The van der Waals surface area contributed by atoms with E-state index in [1.807, 2.05) is 5.32 Å². The normalized spacial score (nSPS) is 11.2. The number of amides is 1. The number of aliphatic hydroxyl groups excluding tert-OH is 1. The SMILES string of the molecule is O=C(NCC(F)(F)CO)c1cccnc1Cl. The third kappa shape index (κ3) is 3.39. The van der Waals surface area contributed by atoms with Crippen LogP contribution in [-0.4, -0.2) is 35.1 Å². The molecule has 0 unspecified atom stereocenters. The molecule has 0 aliphatic heterocycles. The van der Waals surface area contributed by atoms with Gasteiger partial charge in [0.15, 0.2) is 0 Å². The fraction of sp³-hybridized carbons (Fsp3) is 0.333. The number of aromatic nitrogens is 1. The second-order valence-electron chi connectivity index (χ2n) is 3.04. The van der Waals surface area contributed by atoms with Crippen LogP contribution in [0.4, 0.5) is 8.78 Å². The largest absolute Gasteiger partial charge is 0.390 e. The topological polar surface area (TPSA) is 62.2 Å². The number of aliphatic hydroxyl groups is 1. The van der Waals surface area contributed by atoms with Gasteiger partial charge in [0.25, 0.3) is 11.8 Å². The lowest BCUT2D eigenvalue weighted by molar-refractivity contribution is -0.0462. The Bertz CT molecular complexity index is 388. The number of nitrogens with zero attached hydrogens (tertiary/aromatic N) is 1. The van der Waals surface area contributed by atoms with E-state index in [-0.39, 0.29) is 10.7 Å². The van der Waals surface area contributed by atoms with Gasteiger partial charge in [-0.1, -0.05) is 11.6 Å². The van der Waals surface area contributed by atoms with Gasteiger partial charge in [0.1, 0.15) is 11.8 Å². The molecule has 0 bridgehead atoms. The minimum atomic E-state index is -3.34. The van der Waals surface area contributed by atoms with E-state index in [9.17, 15) is 13.6 Å². The average Bonchev–Trinajstić information content (AvgIpc) is 2.27. The quantitative estimate of drug-likeness (QED) is 0.787. The molecule has 0 aliphatic carbocycles. The van der Waals surface area contributed by atoms with E-state index in [4.69, 9.17) is 16.7 Å². The van der Waals surface area contributed by atoms with E-state index in [1.54, 1.807) is 0 Å². The molecule has 1 heterocycles. The zero-order valence-corrected chi connectivity index (χ0v) is 8.84. The van der Waals surface area contributed by atoms with Crippen LogP contribution in [0.25, 0.3) is 0 Å². The summed E-state index contributed by atoms with van der Waals surface area (Å²) < 4.78 is 25.2. The minimum Gasteiger partial charge on any atom is -0.390 e. The highest BCUT2D eigenvalue weighted by molar-refractivity contribution is 6.32.